The molecule has 0 aliphatic heterocycles. The molecule has 0 aliphatic rings. The first-order valence-electron chi connectivity index (χ1n) is 8.95. The first kappa shape index (κ1) is 18.5. The van der Waals surface area contributed by atoms with Gasteiger partial charge in [0.1, 0.15) is 18.1 Å². The van der Waals surface area contributed by atoms with E-state index < -0.39 is 0 Å². The summed E-state index contributed by atoms with van der Waals surface area (Å²) in [6.07, 6.45) is 2.66. The third-order valence-corrected chi connectivity index (χ3v) is 4.22. The fraction of sp³-hybridized carbons (Fsp3) is 0.125. The van der Waals surface area contributed by atoms with Gasteiger partial charge in [-0.2, -0.15) is 0 Å². The summed E-state index contributed by atoms with van der Waals surface area (Å²) in [5.41, 5.74) is 3.84. The van der Waals surface area contributed by atoms with E-state index >= 15 is 0 Å². The highest BCUT2D eigenvalue weighted by Gasteiger charge is 2.08. The zero-order valence-electron chi connectivity index (χ0n) is 15.4. The van der Waals surface area contributed by atoms with E-state index in [0.717, 1.165) is 23.3 Å². The zero-order chi connectivity index (χ0) is 19.1. The lowest BCUT2D eigenvalue weighted by Crippen LogP contribution is -2.08. The summed E-state index contributed by atoms with van der Waals surface area (Å²) in [4.78, 5) is 12.2. The molecule has 3 heteroatoms. The highest BCUT2D eigenvalue weighted by molar-refractivity contribution is 5.91. The summed E-state index contributed by atoms with van der Waals surface area (Å²) in [5, 5.41) is 0. The van der Waals surface area contributed by atoms with Gasteiger partial charge in [0.2, 0.25) is 0 Å². The molecule has 0 N–H and O–H groups in total. The molecule has 0 aliphatic carbocycles. The average Bonchev–Trinajstić information content (AvgIpc) is 2.73. The highest BCUT2D eigenvalue weighted by atomic mass is 16.5. The third kappa shape index (κ3) is 4.85. The van der Waals surface area contributed by atoms with Crippen molar-refractivity contribution in [3.8, 4) is 22.6 Å². The molecule has 0 saturated carbocycles. The topological polar surface area (TPSA) is 35.5 Å². The first-order chi connectivity index (χ1) is 13.2. The maximum absolute atomic E-state index is 12.2. The van der Waals surface area contributed by atoms with E-state index in [9.17, 15) is 4.79 Å². The van der Waals surface area contributed by atoms with Crippen LogP contribution in [0.2, 0.25) is 0 Å². The summed E-state index contributed by atoms with van der Waals surface area (Å²) >= 11 is 0. The van der Waals surface area contributed by atoms with Crippen LogP contribution in [0.15, 0.2) is 85.5 Å². The minimum atomic E-state index is -0.353. The van der Waals surface area contributed by atoms with Gasteiger partial charge in [-0.1, -0.05) is 56.0 Å². The van der Waals surface area contributed by atoms with Crippen LogP contribution in [0.1, 0.15) is 22.8 Å². The Hall–Kier alpha value is -3.33. The predicted octanol–water partition coefficient (Wildman–Crippen LogP) is 5.70. The minimum Gasteiger partial charge on any atom is -0.490 e. The second-order valence-corrected chi connectivity index (χ2v) is 6.09. The van der Waals surface area contributed by atoms with Crippen molar-refractivity contribution < 1.29 is 14.3 Å². The van der Waals surface area contributed by atoms with Crippen molar-refractivity contribution in [2.24, 2.45) is 0 Å². The largest absolute Gasteiger partial charge is 0.490 e. The molecular formula is C24H22O3. The van der Waals surface area contributed by atoms with Crippen LogP contribution in [0.4, 0.5) is 0 Å². The Morgan fingerprint density at radius 3 is 1.93 bits per heavy atom. The van der Waals surface area contributed by atoms with E-state index in [1.165, 1.54) is 5.56 Å². The van der Waals surface area contributed by atoms with Crippen molar-refractivity contribution in [2.45, 2.75) is 13.3 Å². The molecule has 136 valence electrons. The fourth-order valence-electron chi connectivity index (χ4n) is 2.66. The molecule has 0 aromatic heterocycles. The minimum absolute atomic E-state index is 0.353. The van der Waals surface area contributed by atoms with Gasteiger partial charge >= 0.3 is 5.97 Å². The summed E-state index contributed by atoms with van der Waals surface area (Å²) in [6.45, 7) is 6.20. The van der Waals surface area contributed by atoms with Crippen LogP contribution >= 0.6 is 0 Å². The van der Waals surface area contributed by atoms with E-state index in [-0.39, 0.29) is 5.97 Å². The summed E-state index contributed by atoms with van der Waals surface area (Å²) < 4.78 is 10.9. The molecule has 0 unspecified atom stereocenters. The van der Waals surface area contributed by atoms with E-state index in [0.29, 0.717) is 17.9 Å². The van der Waals surface area contributed by atoms with Gasteiger partial charge in [-0.05, 0) is 59.5 Å². The first-order valence-corrected chi connectivity index (χ1v) is 8.95. The number of esters is 1. The Morgan fingerprint density at radius 2 is 1.41 bits per heavy atom. The van der Waals surface area contributed by atoms with Gasteiger partial charge in [-0.3, -0.25) is 0 Å². The van der Waals surface area contributed by atoms with Gasteiger partial charge in [-0.25, -0.2) is 4.79 Å². The lowest BCUT2D eigenvalue weighted by molar-refractivity contribution is 0.0735. The number of carbonyl (C=O) groups is 1. The average molecular weight is 358 g/mol. The molecule has 0 bridgehead atoms. The van der Waals surface area contributed by atoms with Gasteiger partial charge in [-0.15, -0.1) is 0 Å². The molecule has 27 heavy (non-hydrogen) atoms. The van der Waals surface area contributed by atoms with E-state index in [2.05, 4.69) is 13.5 Å². The maximum atomic E-state index is 12.2. The number of hydrogen-bond donors (Lipinski definition) is 0. The van der Waals surface area contributed by atoms with E-state index in [1.54, 1.807) is 30.3 Å². The smallest absolute Gasteiger partial charge is 0.343 e. The lowest BCUT2D eigenvalue weighted by Gasteiger charge is -2.08. The Balaban J connectivity index is 1.65. The number of hydrogen-bond acceptors (Lipinski definition) is 3. The van der Waals surface area contributed by atoms with E-state index in [1.807, 2.05) is 48.5 Å². The Morgan fingerprint density at radius 1 is 0.852 bits per heavy atom. The standard InChI is InChI=1S/C24H22O3/c1-3-17-26-22-13-9-19(10-14-22)20-11-15-23(16-12-20)27-24(25)21-7-5-18(4-2)6-8-21/h3,5-16H,1,4,17H2,2H3. The van der Waals surface area contributed by atoms with Gasteiger partial charge in [0.25, 0.3) is 0 Å². The van der Waals surface area contributed by atoms with Gasteiger partial charge in [0.15, 0.2) is 0 Å². The molecule has 0 heterocycles. The van der Waals surface area contributed by atoms with Crippen molar-refractivity contribution in [3.05, 3.63) is 96.6 Å². The highest BCUT2D eigenvalue weighted by Crippen LogP contribution is 2.25. The molecule has 3 aromatic carbocycles. The zero-order valence-corrected chi connectivity index (χ0v) is 15.4. The maximum Gasteiger partial charge on any atom is 0.343 e. The Labute approximate surface area is 159 Å². The summed E-state index contributed by atoms with van der Waals surface area (Å²) in [7, 11) is 0. The van der Waals surface area contributed by atoms with Crippen LogP contribution in [0.25, 0.3) is 11.1 Å². The SMILES string of the molecule is C=CCOc1ccc(-c2ccc(OC(=O)c3ccc(CC)cc3)cc2)cc1. The third-order valence-electron chi connectivity index (χ3n) is 4.22. The lowest BCUT2D eigenvalue weighted by atomic mass is 10.1. The molecule has 0 radical (unpaired) electrons. The van der Waals surface area contributed by atoms with Crippen LogP contribution in [0, 0.1) is 0 Å². The van der Waals surface area contributed by atoms with Crippen molar-refractivity contribution in [1.29, 1.82) is 0 Å². The molecule has 3 rings (SSSR count). The van der Waals surface area contributed by atoms with Gasteiger partial charge in [0, 0.05) is 0 Å². The Kier molecular flexibility index (Phi) is 6.06. The second-order valence-electron chi connectivity index (χ2n) is 6.09. The second kappa shape index (κ2) is 8.86. The molecule has 3 nitrogen and oxygen atoms in total. The van der Waals surface area contributed by atoms with Crippen molar-refractivity contribution in [2.75, 3.05) is 6.61 Å². The van der Waals surface area contributed by atoms with Crippen molar-refractivity contribution in [3.63, 3.8) is 0 Å². The normalized spacial score (nSPS) is 10.3. The fourth-order valence-corrected chi connectivity index (χ4v) is 2.66. The van der Waals surface area contributed by atoms with Gasteiger partial charge < -0.3 is 9.47 Å². The monoisotopic (exact) mass is 358 g/mol. The quantitative estimate of drug-likeness (QED) is 0.309. The Bertz CT molecular complexity index is 892. The predicted molar refractivity (Wildman–Crippen MR) is 108 cm³/mol. The number of ether oxygens (including phenoxy) is 2. The molecule has 0 fully saturated rings. The van der Waals surface area contributed by atoms with Crippen LogP contribution in [0.3, 0.4) is 0 Å². The number of rotatable bonds is 7. The molecule has 0 spiro atoms. The van der Waals surface area contributed by atoms with Crippen molar-refractivity contribution in [1.82, 2.24) is 0 Å². The molecule has 0 atom stereocenters. The number of benzene rings is 3. The van der Waals surface area contributed by atoms with Gasteiger partial charge in [0.05, 0.1) is 5.56 Å². The summed E-state index contributed by atoms with van der Waals surface area (Å²) in [6, 6.07) is 22.8. The number of carbonyl (C=O) groups excluding carboxylic acids is 1. The van der Waals surface area contributed by atoms with Crippen LogP contribution in [0.5, 0.6) is 11.5 Å². The number of aryl methyl sites for hydroxylation is 1. The van der Waals surface area contributed by atoms with Crippen molar-refractivity contribution >= 4 is 5.97 Å². The molecule has 0 amide bonds. The molecule has 3 aromatic rings. The van der Waals surface area contributed by atoms with Crippen LogP contribution in [-0.2, 0) is 6.42 Å². The molecular weight excluding hydrogens is 336 g/mol. The molecule has 0 saturated heterocycles. The summed E-state index contributed by atoms with van der Waals surface area (Å²) in [5.74, 6) is 0.974. The van der Waals surface area contributed by atoms with Crippen LogP contribution < -0.4 is 9.47 Å². The van der Waals surface area contributed by atoms with E-state index in [4.69, 9.17) is 9.47 Å². The van der Waals surface area contributed by atoms with Crippen LogP contribution in [-0.4, -0.2) is 12.6 Å².